The molecule has 0 bridgehead atoms. The number of benzene rings is 1. The third-order valence-corrected chi connectivity index (χ3v) is 4.73. The predicted molar refractivity (Wildman–Crippen MR) is 82.6 cm³/mol. The van der Waals surface area contributed by atoms with Gasteiger partial charge in [-0.2, -0.15) is 0 Å². The number of amides is 2. The van der Waals surface area contributed by atoms with Gasteiger partial charge in [-0.1, -0.05) is 28.1 Å². The number of urea groups is 1. The molecule has 108 valence electrons. The Balaban J connectivity index is 1.61. The number of carbonyl (C=O) groups is 1. The van der Waals surface area contributed by atoms with Crippen LogP contribution in [0.25, 0.3) is 0 Å². The fourth-order valence-electron chi connectivity index (χ4n) is 3.01. The molecule has 0 aliphatic carbocycles. The number of carbonyl (C=O) groups excluding carboxylic acids is 1. The van der Waals surface area contributed by atoms with Crippen LogP contribution < -0.4 is 10.6 Å². The maximum atomic E-state index is 12.1. The summed E-state index contributed by atoms with van der Waals surface area (Å²) < 4.78 is 1.07. The Morgan fingerprint density at radius 2 is 1.90 bits per heavy atom. The second-order valence-corrected chi connectivity index (χ2v) is 6.57. The molecule has 1 aromatic carbocycles. The summed E-state index contributed by atoms with van der Waals surface area (Å²) in [6.07, 6.45) is 2.35. The first kappa shape index (κ1) is 13.9. The van der Waals surface area contributed by atoms with Crippen molar-refractivity contribution in [3.8, 4) is 0 Å². The molecule has 1 atom stereocenters. The van der Waals surface area contributed by atoms with E-state index in [2.05, 4.69) is 38.7 Å². The third kappa shape index (κ3) is 3.15. The minimum atomic E-state index is 0.0800. The molecule has 2 heterocycles. The van der Waals surface area contributed by atoms with Gasteiger partial charge in [-0.3, -0.25) is 0 Å². The number of piperidine rings is 1. The van der Waals surface area contributed by atoms with Crippen LogP contribution in [0.3, 0.4) is 0 Å². The van der Waals surface area contributed by atoms with E-state index in [1.54, 1.807) is 0 Å². The molecule has 5 heteroatoms. The lowest BCUT2D eigenvalue weighted by Crippen LogP contribution is -2.37. The van der Waals surface area contributed by atoms with Crippen molar-refractivity contribution in [3.63, 3.8) is 0 Å². The highest BCUT2D eigenvalue weighted by Gasteiger charge is 2.31. The first-order valence-electron chi connectivity index (χ1n) is 7.24. The van der Waals surface area contributed by atoms with Crippen LogP contribution in [-0.4, -0.2) is 37.1 Å². The number of rotatable bonds is 3. The molecule has 0 aromatic heterocycles. The minimum absolute atomic E-state index is 0.0800. The third-order valence-electron chi connectivity index (χ3n) is 4.20. The molecule has 2 saturated heterocycles. The SMILES string of the molecule is O=C1NC(c2ccc(Br)cc2)CN1CC1CCNCC1. The van der Waals surface area contributed by atoms with Crippen LogP contribution in [0.4, 0.5) is 4.79 Å². The molecule has 2 N–H and O–H groups in total. The van der Waals surface area contributed by atoms with Gasteiger partial charge in [0, 0.05) is 17.6 Å². The van der Waals surface area contributed by atoms with Crippen molar-refractivity contribution in [2.45, 2.75) is 18.9 Å². The standard InChI is InChI=1S/C15H20BrN3O/c16-13-3-1-12(2-4-13)14-10-19(15(20)18-14)9-11-5-7-17-8-6-11/h1-4,11,14,17H,5-10H2,(H,18,20). The van der Waals surface area contributed by atoms with Crippen LogP contribution in [0.5, 0.6) is 0 Å². The molecule has 20 heavy (non-hydrogen) atoms. The second-order valence-electron chi connectivity index (χ2n) is 5.65. The first-order valence-corrected chi connectivity index (χ1v) is 8.03. The van der Waals surface area contributed by atoms with Gasteiger partial charge in [-0.05, 0) is 49.5 Å². The first-order chi connectivity index (χ1) is 9.72. The molecule has 1 aromatic rings. The van der Waals surface area contributed by atoms with Crippen LogP contribution in [0.2, 0.25) is 0 Å². The van der Waals surface area contributed by atoms with Crippen molar-refractivity contribution < 1.29 is 4.79 Å². The van der Waals surface area contributed by atoms with E-state index in [4.69, 9.17) is 0 Å². The van der Waals surface area contributed by atoms with E-state index < -0.39 is 0 Å². The van der Waals surface area contributed by atoms with Crippen LogP contribution in [0.1, 0.15) is 24.4 Å². The topological polar surface area (TPSA) is 44.4 Å². The number of hydrogen-bond acceptors (Lipinski definition) is 2. The highest BCUT2D eigenvalue weighted by atomic mass is 79.9. The zero-order valence-electron chi connectivity index (χ0n) is 11.4. The lowest BCUT2D eigenvalue weighted by Gasteiger charge is -2.26. The summed E-state index contributed by atoms with van der Waals surface area (Å²) in [6.45, 7) is 3.83. The molecule has 0 saturated carbocycles. The van der Waals surface area contributed by atoms with E-state index >= 15 is 0 Å². The number of halogens is 1. The number of nitrogens with zero attached hydrogens (tertiary/aromatic N) is 1. The van der Waals surface area contributed by atoms with E-state index in [-0.39, 0.29) is 12.1 Å². The molecule has 2 amide bonds. The Hall–Kier alpha value is -1.07. The highest BCUT2D eigenvalue weighted by molar-refractivity contribution is 9.10. The Bertz CT molecular complexity index is 471. The summed E-state index contributed by atoms with van der Waals surface area (Å²) in [5, 5.41) is 6.45. The fourth-order valence-corrected chi connectivity index (χ4v) is 3.27. The van der Waals surface area contributed by atoms with Crippen molar-refractivity contribution in [3.05, 3.63) is 34.3 Å². The smallest absolute Gasteiger partial charge is 0.318 e. The summed E-state index contributed by atoms with van der Waals surface area (Å²) in [7, 11) is 0. The Kier molecular flexibility index (Phi) is 4.27. The lowest BCUT2D eigenvalue weighted by molar-refractivity contribution is 0.201. The maximum Gasteiger partial charge on any atom is 0.318 e. The normalized spacial score (nSPS) is 23.9. The largest absolute Gasteiger partial charge is 0.329 e. The lowest BCUT2D eigenvalue weighted by atomic mass is 9.97. The van der Waals surface area contributed by atoms with E-state index in [9.17, 15) is 4.79 Å². The van der Waals surface area contributed by atoms with Gasteiger partial charge < -0.3 is 15.5 Å². The van der Waals surface area contributed by atoms with Crippen molar-refractivity contribution in [1.82, 2.24) is 15.5 Å². The van der Waals surface area contributed by atoms with Crippen molar-refractivity contribution >= 4 is 22.0 Å². The van der Waals surface area contributed by atoms with Gasteiger partial charge in [0.25, 0.3) is 0 Å². The maximum absolute atomic E-state index is 12.1. The van der Waals surface area contributed by atoms with Gasteiger partial charge in [0.1, 0.15) is 0 Å². The summed E-state index contributed by atoms with van der Waals surface area (Å²) in [6, 6.07) is 8.40. The summed E-state index contributed by atoms with van der Waals surface area (Å²) >= 11 is 3.44. The predicted octanol–water partition coefficient (Wildman–Crippen LogP) is 2.52. The highest BCUT2D eigenvalue weighted by Crippen LogP contribution is 2.24. The van der Waals surface area contributed by atoms with Gasteiger partial charge in [0.05, 0.1) is 6.04 Å². The van der Waals surface area contributed by atoms with Gasteiger partial charge in [-0.25, -0.2) is 4.79 Å². The van der Waals surface area contributed by atoms with E-state index in [1.807, 2.05) is 17.0 Å². The average Bonchev–Trinajstić information content (AvgIpc) is 2.82. The molecule has 2 aliphatic heterocycles. The molecule has 0 spiro atoms. The Labute approximate surface area is 128 Å². The molecular weight excluding hydrogens is 318 g/mol. The zero-order valence-corrected chi connectivity index (χ0v) is 13.0. The fraction of sp³-hybridized carbons (Fsp3) is 0.533. The van der Waals surface area contributed by atoms with Gasteiger partial charge in [0.15, 0.2) is 0 Å². The van der Waals surface area contributed by atoms with E-state index in [0.29, 0.717) is 5.92 Å². The van der Waals surface area contributed by atoms with Crippen molar-refractivity contribution in [2.24, 2.45) is 5.92 Å². The quantitative estimate of drug-likeness (QED) is 0.890. The van der Waals surface area contributed by atoms with Crippen LogP contribution in [-0.2, 0) is 0 Å². The summed E-state index contributed by atoms with van der Waals surface area (Å²) in [5.74, 6) is 0.644. The van der Waals surface area contributed by atoms with E-state index in [0.717, 1.165) is 30.7 Å². The summed E-state index contributed by atoms with van der Waals surface area (Å²) in [5.41, 5.74) is 1.18. The van der Waals surface area contributed by atoms with Crippen LogP contribution in [0, 0.1) is 5.92 Å². The van der Waals surface area contributed by atoms with Crippen molar-refractivity contribution in [2.75, 3.05) is 26.2 Å². The Morgan fingerprint density at radius 1 is 1.20 bits per heavy atom. The molecular formula is C15H20BrN3O. The number of nitrogens with one attached hydrogen (secondary N) is 2. The molecule has 4 nitrogen and oxygen atoms in total. The molecule has 3 rings (SSSR count). The van der Waals surface area contributed by atoms with E-state index in [1.165, 1.54) is 18.4 Å². The Morgan fingerprint density at radius 3 is 2.60 bits per heavy atom. The van der Waals surface area contributed by atoms with Crippen LogP contribution >= 0.6 is 15.9 Å². The average molecular weight is 338 g/mol. The molecule has 0 radical (unpaired) electrons. The summed E-state index contributed by atoms with van der Waals surface area (Å²) in [4.78, 5) is 14.1. The molecule has 1 unspecified atom stereocenters. The van der Waals surface area contributed by atoms with Crippen molar-refractivity contribution in [1.29, 1.82) is 0 Å². The number of hydrogen-bond donors (Lipinski definition) is 2. The van der Waals surface area contributed by atoms with Gasteiger partial charge in [-0.15, -0.1) is 0 Å². The minimum Gasteiger partial charge on any atom is -0.329 e. The van der Waals surface area contributed by atoms with Gasteiger partial charge >= 0.3 is 6.03 Å². The monoisotopic (exact) mass is 337 g/mol. The molecule has 2 fully saturated rings. The van der Waals surface area contributed by atoms with Gasteiger partial charge in [0.2, 0.25) is 0 Å². The second kappa shape index (κ2) is 6.14. The van der Waals surface area contributed by atoms with Crippen LogP contribution in [0.15, 0.2) is 28.7 Å². The zero-order chi connectivity index (χ0) is 13.9. The molecule has 2 aliphatic rings.